The number of hydrogen-bond donors (Lipinski definition) is 0. The largest absolute Gasteiger partial charge is 0.338 e. The summed E-state index contributed by atoms with van der Waals surface area (Å²) in [4.78, 5) is 14.8. The fourth-order valence-corrected chi connectivity index (χ4v) is 4.37. The average molecular weight is 343 g/mol. The molecule has 1 saturated heterocycles. The summed E-state index contributed by atoms with van der Waals surface area (Å²) in [7, 11) is 0. The smallest absolute Gasteiger partial charge is 0.253 e. The van der Waals surface area contributed by atoms with E-state index in [4.69, 9.17) is 0 Å². The molecule has 0 N–H and O–H groups in total. The molecule has 5 heteroatoms. The number of nitrogens with zero attached hydrogens (tertiary/aromatic N) is 3. The summed E-state index contributed by atoms with van der Waals surface area (Å²) in [6, 6.07) is 7.85. The first-order chi connectivity index (χ1) is 11.5. The fraction of sp³-hybridized carbons (Fsp3) is 0.526. The number of carbonyl (C=O) groups excluding carboxylic acids is 1. The number of rotatable bonds is 4. The van der Waals surface area contributed by atoms with Gasteiger partial charge in [0.1, 0.15) is 10.0 Å². The summed E-state index contributed by atoms with van der Waals surface area (Å²) in [5, 5.41) is 10.9. The normalized spacial score (nSPS) is 18.2. The van der Waals surface area contributed by atoms with Gasteiger partial charge in [0, 0.05) is 31.0 Å². The second-order valence-corrected chi connectivity index (χ2v) is 8.19. The molecule has 4 nitrogen and oxygen atoms in total. The van der Waals surface area contributed by atoms with Crippen LogP contribution in [0.1, 0.15) is 58.5 Å². The van der Waals surface area contributed by atoms with E-state index in [1.54, 1.807) is 11.3 Å². The second-order valence-electron chi connectivity index (χ2n) is 7.09. The van der Waals surface area contributed by atoms with Gasteiger partial charge < -0.3 is 4.90 Å². The van der Waals surface area contributed by atoms with Crippen LogP contribution in [0.3, 0.4) is 0 Å². The van der Waals surface area contributed by atoms with Crippen LogP contribution in [0, 0.1) is 12.8 Å². The molecular formula is C19H25N3OS. The van der Waals surface area contributed by atoms with Crippen molar-refractivity contribution in [1.29, 1.82) is 0 Å². The lowest BCUT2D eigenvalue weighted by Gasteiger charge is -2.31. The molecule has 1 aliphatic heterocycles. The van der Waals surface area contributed by atoms with E-state index in [9.17, 15) is 4.79 Å². The molecular weight excluding hydrogens is 318 g/mol. The Balaban J connectivity index is 1.70. The molecule has 1 aromatic heterocycles. The van der Waals surface area contributed by atoms with Gasteiger partial charge in [0.05, 0.1) is 0 Å². The van der Waals surface area contributed by atoms with Crippen molar-refractivity contribution in [2.24, 2.45) is 5.92 Å². The van der Waals surface area contributed by atoms with Gasteiger partial charge in [0.15, 0.2) is 0 Å². The number of benzene rings is 1. The number of aryl methyl sites for hydroxylation is 1. The van der Waals surface area contributed by atoms with Crippen LogP contribution in [0.2, 0.25) is 0 Å². The number of hydrogen-bond acceptors (Lipinski definition) is 4. The van der Waals surface area contributed by atoms with E-state index in [1.165, 1.54) is 0 Å². The van der Waals surface area contributed by atoms with Gasteiger partial charge in [-0.15, -0.1) is 21.5 Å². The van der Waals surface area contributed by atoms with Gasteiger partial charge in [-0.05, 0) is 37.8 Å². The molecule has 1 unspecified atom stereocenters. The molecule has 0 bridgehead atoms. The quantitative estimate of drug-likeness (QED) is 0.841. The summed E-state index contributed by atoms with van der Waals surface area (Å²) in [6.45, 7) is 8.01. The van der Waals surface area contributed by atoms with Gasteiger partial charge >= 0.3 is 0 Å². The van der Waals surface area contributed by atoms with Crippen molar-refractivity contribution >= 4 is 17.2 Å². The zero-order valence-electron chi connectivity index (χ0n) is 14.7. The Hall–Kier alpha value is -1.75. The molecule has 128 valence electrons. The summed E-state index contributed by atoms with van der Waals surface area (Å²) < 4.78 is 0. The van der Waals surface area contributed by atoms with Crippen molar-refractivity contribution < 1.29 is 4.79 Å². The van der Waals surface area contributed by atoms with Crippen LogP contribution in [0.25, 0.3) is 0 Å². The van der Waals surface area contributed by atoms with Crippen molar-refractivity contribution in [2.45, 2.75) is 46.0 Å². The molecule has 1 amide bonds. The van der Waals surface area contributed by atoms with E-state index < -0.39 is 0 Å². The topological polar surface area (TPSA) is 46.1 Å². The van der Waals surface area contributed by atoms with Crippen LogP contribution in [-0.4, -0.2) is 34.1 Å². The molecule has 1 fully saturated rings. The predicted octanol–water partition coefficient (Wildman–Crippen LogP) is 4.06. The zero-order chi connectivity index (χ0) is 17.1. The number of likely N-dealkylation sites (tertiary alicyclic amines) is 1. The fourth-order valence-electron chi connectivity index (χ4n) is 3.19. The Kier molecular flexibility index (Phi) is 5.29. The van der Waals surface area contributed by atoms with Crippen molar-refractivity contribution in [3.63, 3.8) is 0 Å². The molecule has 2 aromatic rings. The third-order valence-corrected chi connectivity index (χ3v) is 5.50. The van der Waals surface area contributed by atoms with E-state index in [0.717, 1.165) is 53.5 Å². The minimum absolute atomic E-state index is 0.135. The highest BCUT2D eigenvalue weighted by Crippen LogP contribution is 2.30. The lowest BCUT2D eigenvalue weighted by atomic mass is 9.98. The number of carbonyl (C=O) groups is 1. The minimum Gasteiger partial charge on any atom is -0.338 e. The maximum absolute atomic E-state index is 12.8. The monoisotopic (exact) mass is 343 g/mol. The van der Waals surface area contributed by atoms with Crippen LogP contribution in [0.5, 0.6) is 0 Å². The summed E-state index contributed by atoms with van der Waals surface area (Å²) >= 11 is 1.72. The molecule has 24 heavy (non-hydrogen) atoms. The lowest BCUT2D eigenvalue weighted by Crippen LogP contribution is -2.39. The van der Waals surface area contributed by atoms with Crippen LogP contribution in [-0.2, 0) is 6.42 Å². The van der Waals surface area contributed by atoms with Crippen LogP contribution < -0.4 is 0 Å². The third kappa shape index (κ3) is 4.01. The molecule has 0 aliphatic carbocycles. The number of aromatic nitrogens is 2. The SMILES string of the molecule is Cc1cccc(C(=O)N2CCCC(c3nnc(CC(C)C)s3)C2)c1. The highest BCUT2D eigenvalue weighted by atomic mass is 32.1. The minimum atomic E-state index is 0.135. The average Bonchev–Trinajstić information content (AvgIpc) is 3.02. The summed E-state index contributed by atoms with van der Waals surface area (Å²) in [5.41, 5.74) is 1.91. The van der Waals surface area contributed by atoms with Gasteiger partial charge in [0.25, 0.3) is 5.91 Å². The van der Waals surface area contributed by atoms with Crippen molar-refractivity contribution in [3.8, 4) is 0 Å². The zero-order valence-corrected chi connectivity index (χ0v) is 15.5. The number of piperidine rings is 1. The molecule has 2 heterocycles. The van der Waals surface area contributed by atoms with Gasteiger partial charge in [-0.2, -0.15) is 0 Å². The Bertz CT molecular complexity index is 710. The van der Waals surface area contributed by atoms with Crippen molar-refractivity contribution in [3.05, 3.63) is 45.4 Å². The maximum atomic E-state index is 12.8. The molecule has 1 atom stereocenters. The molecule has 3 rings (SSSR count). The predicted molar refractivity (Wildman–Crippen MR) is 97.5 cm³/mol. The van der Waals surface area contributed by atoms with E-state index in [2.05, 4.69) is 24.0 Å². The number of amides is 1. The van der Waals surface area contributed by atoms with Crippen LogP contribution in [0.15, 0.2) is 24.3 Å². The van der Waals surface area contributed by atoms with Crippen molar-refractivity contribution in [2.75, 3.05) is 13.1 Å². The van der Waals surface area contributed by atoms with Gasteiger partial charge in [-0.3, -0.25) is 4.79 Å². The van der Waals surface area contributed by atoms with Gasteiger partial charge in [-0.25, -0.2) is 0 Å². The van der Waals surface area contributed by atoms with Crippen LogP contribution >= 0.6 is 11.3 Å². The Morgan fingerprint density at radius 1 is 1.38 bits per heavy atom. The van der Waals surface area contributed by atoms with E-state index in [-0.39, 0.29) is 5.91 Å². The highest BCUT2D eigenvalue weighted by Gasteiger charge is 2.27. The first-order valence-electron chi connectivity index (χ1n) is 8.71. The molecule has 0 radical (unpaired) electrons. The van der Waals surface area contributed by atoms with Gasteiger partial charge in [-0.1, -0.05) is 31.5 Å². The first kappa shape index (κ1) is 17.1. The summed E-state index contributed by atoms with van der Waals surface area (Å²) in [6.07, 6.45) is 3.10. The molecule has 1 aromatic carbocycles. The summed E-state index contributed by atoms with van der Waals surface area (Å²) in [5.74, 6) is 1.05. The van der Waals surface area contributed by atoms with Gasteiger partial charge in [0.2, 0.25) is 0 Å². The highest BCUT2D eigenvalue weighted by molar-refractivity contribution is 7.11. The Morgan fingerprint density at radius 3 is 2.96 bits per heavy atom. The van der Waals surface area contributed by atoms with Crippen LogP contribution in [0.4, 0.5) is 0 Å². The first-order valence-corrected chi connectivity index (χ1v) is 9.53. The molecule has 1 aliphatic rings. The second kappa shape index (κ2) is 7.43. The Labute approximate surface area is 147 Å². The maximum Gasteiger partial charge on any atom is 0.253 e. The Morgan fingerprint density at radius 2 is 2.21 bits per heavy atom. The standard InChI is InChI=1S/C19H25N3OS/c1-13(2)10-17-20-21-18(24-17)16-8-5-9-22(12-16)19(23)15-7-4-6-14(3)11-15/h4,6-7,11,13,16H,5,8-10,12H2,1-3H3. The third-order valence-electron chi connectivity index (χ3n) is 4.39. The molecule has 0 spiro atoms. The molecule has 0 saturated carbocycles. The lowest BCUT2D eigenvalue weighted by molar-refractivity contribution is 0.0706. The van der Waals surface area contributed by atoms with E-state index in [1.807, 2.05) is 36.1 Å². The van der Waals surface area contributed by atoms with E-state index >= 15 is 0 Å². The van der Waals surface area contributed by atoms with E-state index in [0.29, 0.717) is 11.8 Å². The van der Waals surface area contributed by atoms with Crippen molar-refractivity contribution in [1.82, 2.24) is 15.1 Å².